The smallest absolute Gasteiger partial charge is 0.348 e. The van der Waals surface area contributed by atoms with E-state index >= 15 is 0 Å². The highest BCUT2D eigenvalue weighted by molar-refractivity contribution is 8.68. The average Bonchev–Trinajstić information content (AvgIpc) is 2.53. The van der Waals surface area contributed by atoms with Crippen LogP contribution in [0.25, 0.3) is 6.08 Å². The minimum absolute atomic E-state index is 0.324. The molecular weight excluding hydrogens is 368 g/mol. The number of hydrogen-bond acceptors (Lipinski definition) is 6. The Morgan fingerprint density at radius 3 is 2.20 bits per heavy atom. The molecule has 25 heavy (non-hydrogen) atoms. The number of ether oxygens (including phenoxy) is 1. The molecule has 1 rings (SSSR count). The van der Waals surface area contributed by atoms with Crippen LogP contribution in [0.15, 0.2) is 30.3 Å². The van der Waals surface area contributed by atoms with Gasteiger partial charge >= 0.3 is 17.9 Å². The predicted molar refractivity (Wildman–Crippen MR) is 96.8 cm³/mol. The van der Waals surface area contributed by atoms with Crippen LogP contribution in [-0.4, -0.2) is 50.7 Å². The summed E-state index contributed by atoms with van der Waals surface area (Å²) in [6.45, 7) is 1.57. The van der Waals surface area contributed by atoms with Gasteiger partial charge in [-0.1, -0.05) is 35.1 Å². The molecular formula is C16H18O7S2. The van der Waals surface area contributed by atoms with Gasteiger partial charge < -0.3 is 20.1 Å². The van der Waals surface area contributed by atoms with Crippen LogP contribution in [0.2, 0.25) is 0 Å². The lowest BCUT2D eigenvalue weighted by Crippen LogP contribution is -2.53. The summed E-state index contributed by atoms with van der Waals surface area (Å²) in [6.07, 6.45) is 1.33. The summed E-state index contributed by atoms with van der Waals surface area (Å²) in [7, 11) is 1.12. The lowest BCUT2D eigenvalue weighted by molar-refractivity contribution is -0.188. The van der Waals surface area contributed by atoms with Crippen LogP contribution in [0.5, 0.6) is 0 Å². The van der Waals surface area contributed by atoms with E-state index in [0.717, 1.165) is 16.9 Å². The summed E-state index contributed by atoms with van der Waals surface area (Å²) in [5.41, 5.74) is -1.40. The number of carboxylic acids is 3. The molecule has 1 unspecified atom stereocenters. The number of hydrogen-bond donors (Lipinski definition) is 4. The first-order valence-corrected chi connectivity index (χ1v) is 9.16. The summed E-state index contributed by atoms with van der Waals surface area (Å²) in [5, 5.41) is 27.5. The maximum Gasteiger partial charge on any atom is 0.348 e. The maximum atomic E-state index is 11.6. The summed E-state index contributed by atoms with van der Waals surface area (Å²) >= 11 is 3.95. The van der Waals surface area contributed by atoms with Gasteiger partial charge in [-0.3, -0.25) is 0 Å². The minimum Gasteiger partial charge on any atom is -0.479 e. The van der Waals surface area contributed by atoms with E-state index in [1.807, 2.05) is 0 Å². The van der Waals surface area contributed by atoms with E-state index < -0.39 is 29.6 Å². The number of carboxylic acid groups (broad SMARTS) is 3. The van der Waals surface area contributed by atoms with E-state index in [9.17, 15) is 24.6 Å². The van der Waals surface area contributed by atoms with Crippen molar-refractivity contribution in [3.05, 3.63) is 41.5 Å². The topological polar surface area (TPSA) is 121 Å². The molecule has 0 amide bonds. The molecule has 0 fully saturated rings. The molecule has 1 aromatic carbocycles. The summed E-state index contributed by atoms with van der Waals surface area (Å²) < 4.78 is 5.35. The summed E-state index contributed by atoms with van der Waals surface area (Å²) in [5.74, 6) is -3.95. The van der Waals surface area contributed by atoms with Gasteiger partial charge in [-0.2, -0.15) is 0 Å². The number of rotatable bonds is 10. The van der Waals surface area contributed by atoms with Gasteiger partial charge in [0.1, 0.15) is 0 Å². The Bertz CT molecular complexity index is 641. The van der Waals surface area contributed by atoms with E-state index in [1.54, 1.807) is 19.1 Å². The molecule has 1 atom stereocenters. The Labute approximate surface area is 153 Å². The molecule has 0 aliphatic carbocycles. The lowest BCUT2D eigenvalue weighted by Gasteiger charge is -2.28. The van der Waals surface area contributed by atoms with Crippen molar-refractivity contribution in [2.75, 3.05) is 5.75 Å². The van der Waals surface area contributed by atoms with E-state index in [0.29, 0.717) is 16.9 Å². The Balaban J connectivity index is 3.06. The number of thiol groups is 1. The molecule has 0 saturated heterocycles. The maximum absolute atomic E-state index is 11.6. The fourth-order valence-electron chi connectivity index (χ4n) is 2.07. The fraction of sp³-hybridized carbons (Fsp3) is 0.312. The highest BCUT2D eigenvalue weighted by Crippen LogP contribution is 2.24. The Morgan fingerprint density at radius 1 is 1.20 bits per heavy atom. The summed E-state index contributed by atoms with van der Waals surface area (Å²) in [6, 6.07) is 6.19. The van der Waals surface area contributed by atoms with Crippen LogP contribution in [0.4, 0.5) is 0 Å². The van der Waals surface area contributed by atoms with Gasteiger partial charge in [-0.05, 0) is 24.1 Å². The van der Waals surface area contributed by atoms with Crippen molar-refractivity contribution >= 4 is 46.4 Å². The van der Waals surface area contributed by atoms with Crippen molar-refractivity contribution in [1.82, 2.24) is 0 Å². The van der Waals surface area contributed by atoms with Crippen molar-refractivity contribution < 1.29 is 34.4 Å². The first-order valence-electron chi connectivity index (χ1n) is 7.12. The average molecular weight is 386 g/mol. The Kier molecular flexibility index (Phi) is 8.01. The van der Waals surface area contributed by atoms with Crippen LogP contribution in [-0.2, 0) is 25.5 Å². The van der Waals surface area contributed by atoms with Gasteiger partial charge in [-0.25, -0.2) is 14.4 Å². The zero-order valence-corrected chi connectivity index (χ0v) is 15.0. The van der Waals surface area contributed by atoms with E-state index in [-0.39, 0.29) is 6.42 Å². The van der Waals surface area contributed by atoms with Crippen molar-refractivity contribution in [3.8, 4) is 0 Å². The Hall–Kier alpha value is -1.97. The normalized spacial score (nSPS) is 12.9. The molecule has 7 nitrogen and oxygen atoms in total. The second-order valence-corrected chi connectivity index (χ2v) is 6.62. The van der Waals surface area contributed by atoms with Crippen molar-refractivity contribution in [2.24, 2.45) is 0 Å². The second-order valence-electron chi connectivity index (χ2n) is 5.25. The molecule has 0 saturated carbocycles. The molecule has 0 radical (unpaired) electrons. The third kappa shape index (κ3) is 6.11. The number of aliphatic carboxylic acids is 3. The predicted octanol–water partition coefficient (Wildman–Crippen LogP) is 2.22. The molecule has 0 aromatic heterocycles. The van der Waals surface area contributed by atoms with Crippen molar-refractivity contribution in [3.63, 3.8) is 0 Å². The zero-order chi connectivity index (χ0) is 19.0. The molecule has 0 bridgehead atoms. The van der Waals surface area contributed by atoms with Crippen LogP contribution in [0.3, 0.4) is 0 Å². The molecule has 0 aliphatic rings. The third-order valence-electron chi connectivity index (χ3n) is 3.25. The third-order valence-corrected chi connectivity index (χ3v) is 4.32. The standard InChI is InChI=1S/C16H18O7S2/c1-10(9-25-24)23-16(14(19)20,15(21)22)8-12-4-2-11(3-5-12)6-7-13(17)18/h2-7,10,24H,8-9H2,1H3,(H,17,18)(H,19,20)(H,21,22)/b7-6+. The van der Waals surface area contributed by atoms with Crippen molar-refractivity contribution in [2.45, 2.75) is 25.0 Å². The van der Waals surface area contributed by atoms with E-state index in [1.165, 1.54) is 18.2 Å². The van der Waals surface area contributed by atoms with Gasteiger partial charge in [0.15, 0.2) is 0 Å². The fourth-order valence-corrected chi connectivity index (χ4v) is 2.98. The quantitative estimate of drug-likeness (QED) is 0.209. The molecule has 1 aromatic rings. The van der Waals surface area contributed by atoms with E-state index in [2.05, 4.69) is 11.7 Å². The second kappa shape index (κ2) is 9.50. The first kappa shape index (κ1) is 21.1. The Morgan fingerprint density at radius 2 is 1.76 bits per heavy atom. The minimum atomic E-state index is -2.42. The van der Waals surface area contributed by atoms with Crippen LogP contribution < -0.4 is 0 Å². The van der Waals surface area contributed by atoms with Crippen LogP contribution in [0.1, 0.15) is 18.1 Å². The molecule has 0 aliphatic heterocycles. The zero-order valence-electron chi connectivity index (χ0n) is 13.3. The molecule has 0 spiro atoms. The first-order chi connectivity index (χ1) is 11.7. The lowest BCUT2D eigenvalue weighted by atomic mass is 9.93. The van der Waals surface area contributed by atoms with Gasteiger partial charge in [0.25, 0.3) is 5.60 Å². The SMILES string of the molecule is CC(CSS)OC(Cc1ccc(/C=C/C(=O)O)cc1)(C(=O)O)C(=O)O. The van der Waals surface area contributed by atoms with Gasteiger partial charge in [0, 0.05) is 18.2 Å². The molecule has 0 heterocycles. The monoisotopic (exact) mass is 386 g/mol. The van der Waals surface area contributed by atoms with Crippen molar-refractivity contribution in [1.29, 1.82) is 0 Å². The highest BCUT2D eigenvalue weighted by Gasteiger charge is 2.49. The molecule has 136 valence electrons. The van der Waals surface area contributed by atoms with Crippen LogP contribution in [0, 0.1) is 0 Å². The number of carbonyl (C=O) groups is 3. The number of benzene rings is 1. The van der Waals surface area contributed by atoms with Gasteiger partial charge in [0.05, 0.1) is 6.10 Å². The molecule has 3 N–H and O–H groups in total. The largest absolute Gasteiger partial charge is 0.479 e. The van der Waals surface area contributed by atoms with Gasteiger partial charge in [0.2, 0.25) is 0 Å². The highest BCUT2D eigenvalue weighted by atomic mass is 33.1. The van der Waals surface area contributed by atoms with E-state index in [4.69, 9.17) is 9.84 Å². The van der Waals surface area contributed by atoms with Gasteiger partial charge in [-0.15, -0.1) is 11.7 Å². The molecule has 9 heteroatoms. The van der Waals surface area contributed by atoms with Crippen LogP contribution >= 0.6 is 22.5 Å². The summed E-state index contributed by atoms with van der Waals surface area (Å²) in [4.78, 5) is 33.8.